The van der Waals surface area contributed by atoms with Gasteiger partial charge in [-0.1, -0.05) is 12.1 Å². The molecule has 17 heavy (non-hydrogen) atoms. The van der Waals surface area contributed by atoms with E-state index >= 15 is 0 Å². The average molecular weight is 236 g/mol. The molecule has 1 aromatic rings. The highest BCUT2D eigenvalue weighted by molar-refractivity contribution is 5.85. The number of amides is 1. The predicted molar refractivity (Wildman–Crippen MR) is 64.2 cm³/mol. The second-order valence-electron chi connectivity index (χ2n) is 3.73. The molecule has 0 radical (unpaired) electrons. The number of hydrogen-bond acceptors (Lipinski definition) is 4. The maximum Gasteiger partial charge on any atom is 0.328 e. The molecule has 1 atom stereocenters. The monoisotopic (exact) mass is 236 g/mol. The maximum absolute atomic E-state index is 11.6. The predicted octanol–water partition coefficient (Wildman–Crippen LogP) is 0.489. The van der Waals surface area contributed by atoms with Crippen molar-refractivity contribution in [1.82, 2.24) is 5.32 Å². The number of carbonyl (C=O) groups excluding carboxylic acids is 2. The quantitative estimate of drug-likeness (QED) is 0.589. The van der Waals surface area contributed by atoms with Crippen LogP contribution in [0.4, 0.5) is 5.69 Å². The Labute approximate surface area is 99.9 Å². The number of hydrogen-bond donors (Lipinski definition) is 2. The lowest BCUT2D eigenvalue weighted by Gasteiger charge is -2.11. The summed E-state index contributed by atoms with van der Waals surface area (Å²) in [6.45, 7) is 1.58. The van der Waals surface area contributed by atoms with Gasteiger partial charge in [-0.3, -0.25) is 4.79 Å². The third-order valence-corrected chi connectivity index (χ3v) is 2.28. The van der Waals surface area contributed by atoms with Crippen molar-refractivity contribution in [2.45, 2.75) is 19.4 Å². The fourth-order valence-electron chi connectivity index (χ4n) is 1.35. The fraction of sp³-hybridized carbons (Fsp3) is 0.333. The number of methoxy groups -OCH3 is 1. The van der Waals surface area contributed by atoms with Gasteiger partial charge in [0.15, 0.2) is 0 Å². The third-order valence-electron chi connectivity index (χ3n) is 2.28. The largest absolute Gasteiger partial charge is 0.467 e. The van der Waals surface area contributed by atoms with E-state index in [9.17, 15) is 9.59 Å². The van der Waals surface area contributed by atoms with Crippen LogP contribution in [0.2, 0.25) is 0 Å². The summed E-state index contributed by atoms with van der Waals surface area (Å²) in [5.41, 5.74) is 7.03. The van der Waals surface area contributed by atoms with E-state index in [1.165, 1.54) is 7.11 Å². The van der Waals surface area contributed by atoms with Crippen molar-refractivity contribution in [2.24, 2.45) is 0 Å². The Balaban J connectivity index is 2.50. The first-order valence-electron chi connectivity index (χ1n) is 5.24. The minimum Gasteiger partial charge on any atom is -0.467 e. The lowest BCUT2D eigenvalue weighted by atomic mass is 10.1. The number of nitrogen functional groups attached to an aromatic ring is 1. The van der Waals surface area contributed by atoms with Crippen molar-refractivity contribution in [1.29, 1.82) is 0 Å². The normalized spacial score (nSPS) is 11.6. The molecule has 0 bridgehead atoms. The van der Waals surface area contributed by atoms with Crippen LogP contribution in [0.3, 0.4) is 0 Å². The van der Waals surface area contributed by atoms with Crippen molar-refractivity contribution in [3.8, 4) is 0 Å². The van der Waals surface area contributed by atoms with E-state index in [2.05, 4.69) is 10.1 Å². The highest BCUT2D eigenvalue weighted by Gasteiger charge is 2.15. The Kier molecular flexibility index (Phi) is 4.51. The molecule has 92 valence electrons. The molecule has 0 aliphatic rings. The van der Waals surface area contributed by atoms with Gasteiger partial charge in [0.2, 0.25) is 5.91 Å². The zero-order chi connectivity index (χ0) is 12.8. The summed E-state index contributed by atoms with van der Waals surface area (Å²) in [7, 11) is 1.28. The van der Waals surface area contributed by atoms with Gasteiger partial charge in [-0.15, -0.1) is 0 Å². The molecule has 3 N–H and O–H groups in total. The molecule has 1 rings (SSSR count). The molecule has 0 spiro atoms. The molecule has 5 heteroatoms. The van der Waals surface area contributed by atoms with Crippen LogP contribution in [0, 0.1) is 0 Å². The van der Waals surface area contributed by atoms with Crippen molar-refractivity contribution in [3.05, 3.63) is 29.8 Å². The number of nitrogens with two attached hydrogens (primary N) is 1. The minimum atomic E-state index is -0.638. The Hall–Kier alpha value is -2.04. The standard InChI is InChI=1S/C12H16N2O3/c1-8(12(16)17-2)14-11(15)7-9-3-5-10(13)6-4-9/h3-6,8H,7,13H2,1-2H3,(H,14,15)/t8-/m0/s1. The Morgan fingerprint density at radius 3 is 2.47 bits per heavy atom. The van der Waals surface area contributed by atoms with Crippen LogP contribution < -0.4 is 11.1 Å². The highest BCUT2D eigenvalue weighted by atomic mass is 16.5. The van der Waals surface area contributed by atoms with Gasteiger partial charge in [-0.2, -0.15) is 0 Å². The number of ether oxygens (including phenoxy) is 1. The van der Waals surface area contributed by atoms with Crippen LogP contribution in [-0.4, -0.2) is 25.0 Å². The summed E-state index contributed by atoms with van der Waals surface area (Å²) in [5.74, 6) is -0.691. The molecular formula is C12H16N2O3. The third kappa shape index (κ3) is 4.14. The molecule has 0 aliphatic carbocycles. The van der Waals surface area contributed by atoms with E-state index in [1.807, 2.05) is 0 Å². The molecular weight excluding hydrogens is 220 g/mol. The first kappa shape index (κ1) is 13.0. The minimum absolute atomic E-state index is 0.210. The van der Waals surface area contributed by atoms with E-state index in [4.69, 9.17) is 5.73 Å². The molecule has 0 fully saturated rings. The topological polar surface area (TPSA) is 81.4 Å². The van der Waals surface area contributed by atoms with Gasteiger partial charge in [0.1, 0.15) is 6.04 Å². The summed E-state index contributed by atoms with van der Waals surface area (Å²) in [6.07, 6.45) is 0.210. The molecule has 0 heterocycles. The summed E-state index contributed by atoms with van der Waals surface area (Å²) < 4.78 is 4.51. The Morgan fingerprint density at radius 1 is 1.35 bits per heavy atom. The van der Waals surface area contributed by atoms with E-state index in [1.54, 1.807) is 31.2 Å². The molecule has 0 saturated heterocycles. The van der Waals surface area contributed by atoms with Gasteiger partial charge in [-0.25, -0.2) is 4.79 Å². The molecule has 0 aliphatic heterocycles. The Bertz CT molecular complexity index is 401. The number of rotatable bonds is 4. The summed E-state index contributed by atoms with van der Waals surface area (Å²) in [4.78, 5) is 22.7. The van der Waals surface area contributed by atoms with E-state index in [0.29, 0.717) is 5.69 Å². The van der Waals surface area contributed by atoms with Gasteiger partial charge in [0.25, 0.3) is 0 Å². The molecule has 1 amide bonds. The number of benzene rings is 1. The van der Waals surface area contributed by atoms with Crippen LogP contribution in [-0.2, 0) is 20.7 Å². The molecule has 1 aromatic carbocycles. The molecule has 0 saturated carbocycles. The lowest BCUT2D eigenvalue weighted by Crippen LogP contribution is -2.39. The van der Waals surface area contributed by atoms with Gasteiger partial charge in [0, 0.05) is 5.69 Å². The van der Waals surface area contributed by atoms with Crippen LogP contribution >= 0.6 is 0 Å². The first-order valence-corrected chi connectivity index (χ1v) is 5.24. The number of esters is 1. The van der Waals surface area contributed by atoms with Crippen LogP contribution in [0.25, 0.3) is 0 Å². The molecule has 0 aromatic heterocycles. The zero-order valence-corrected chi connectivity index (χ0v) is 9.90. The second kappa shape index (κ2) is 5.89. The summed E-state index contributed by atoms with van der Waals surface area (Å²) in [5, 5.41) is 2.55. The van der Waals surface area contributed by atoms with Crippen LogP contribution in [0.1, 0.15) is 12.5 Å². The average Bonchev–Trinajstić information content (AvgIpc) is 2.30. The van der Waals surface area contributed by atoms with Crippen LogP contribution in [0.15, 0.2) is 24.3 Å². The number of nitrogens with one attached hydrogen (secondary N) is 1. The maximum atomic E-state index is 11.6. The summed E-state index contributed by atoms with van der Waals surface area (Å²) in [6, 6.07) is 6.37. The number of anilines is 1. The lowest BCUT2D eigenvalue weighted by molar-refractivity contribution is -0.144. The van der Waals surface area contributed by atoms with E-state index < -0.39 is 12.0 Å². The fourth-order valence-corrected chi connectivity index (χ4v) is 1.35. The van der Waals surface area contributed by atoms with Crippen molar-refractivity contribution in [3.63, 3.8) is 0 Å². The SMILES string of the molecule is COC(=O)[C@H](C)NC(=O)Cc1ccc(N)cc1. The van der Waals surface area contributed by atoms with E-state index in [-0.39, 0.29) is 12.3 Å². The van der Waals surface area contributed by atoms with Crippen molar-refractivity contribution >= 4 is 17.6 Å². The second-order valence-corrected chi connectivity index (χ2v) is 3.73. The summed E-state index contributed by atoms with van der Waals surface area (Å²) >= 11 is 0. The molecule has 0 unspecified atom stereocenters. The van der Waals surface area contributed by atoms with Gasteiger partial charge in [-0.05, 0) is 24.6 Å². The van der Waals surface area contributed by atoms with E-state index in [0.717, 1.165) is 5.56 Å². The van der Waals surface area contributed by atoms with Crippen molar-refractivity contribution in [2.75, 3.05) is 12.8 Å². The smallest absolute Gasteiger partial charge is 0.328 e. The van der Waals surface area contributed by atoms with Gasteiger partial charge in [0.05, 0.1) is 13.5 Å². The Morgan fingerprint density at radius 2 is 1.94 bits per heavy atom. The van der Waals surface area contributed by atoms with Crippen molar-refractivity contribution < 1.29 is 14.3 Å². The number of carbonyl (C=O) groups is 2. The first-order chi connectivity index (χ1) is 8.02. The van der Waals surface area contributed by atoms with Crippen LogP contribution in [0.5, 0.6) is 0 Å². The highest BCUT2D eigenvalue weighted by Crippen LogP contribution is 2.06. The molecule has 5 nitrogen and oxygen atoms in total. The zero-order valence-electron chi connectivity index (χ0n) is 9.90. The van der Waals surface area contributed by atoms with Gasteiger partial charge >= 0.3 is 5.97 Å². The van der Waals surface area contributed by atoms with Gasteiger partial charge < -0.3 is 15.8 Å².